The van der Waals surface area contributed by atoms with Crippen LogP contribution in [0.3, 0.4) is 0 Å². The van der Waals surface area contributed by atoms with E-state index in [4.69, 9.17) is 4.74 Å². The monoisotopic (exact) mass is 310 g/mol. The molecular formula is C13H15BrN2O2. The maximum atomic E-state index is 12.1. The van der Waals surface area contributed by atoms with Crippen molar-refractivity contribution in [3.05, 3.63) is 49.8 Å². The Bertz CT molecular complexity index is 628. The van der Waals surface area contributed by atoms with Crippen molar-refractivity contribution in [1.82, 2.24) is 9.78 Å². The Labute approximate surface area is 114 Å². The molecule has 96 valence electrons. The third-order valence-corrected chi connectivity index (χ3v) is 3.60. The van der Waals surface area contributed by atoms with E-state index in [9.17, 15) is 4.79 Å². The van der Waals surface area contributed by atoms with Gasteiger partial charge in [-0.05, 0) is 41.4 Å². The molecule has 0 aliphatic heterocycles. The van der Waals surface area contributed by atoms with Gasteiger partial charge in [-0.25, -0.2) is 4.68 Å². The van der Waals surface area contributed by atoms with Crippen LogP contribution in [-0.2, 0) is 11.3 Å². The fourth-order valence-electron chi connectivity index (χ4n) is 1.93. The number of hydrogen-bond acceptors (Lipinski definition) is 2. The van der Waals surface area contributed by atoms with E-state index in [0.29, 0.717) is 11.1 Å². The summed E-state index contributed by atoms with van der Waals surface area (Å²) in [5, 5.41) is 3.06. The lowest BCUT2D eigenvalue weighted by molar-refractivity contribution is 0.180. The van der Waals surface area contributed by atoms with Gasteiger partial charge in [-0.15, -0.1) is 0 Å². The number of aryl methyl sites for hydroxylation is 2. The van der Waals surface area contributed by atoms with E-state index in [0.717, 1.165) is 16.9 Å². The second-order valence-electron chi connectivity index (χ2n) is 4.27. The first-order valence-electron chi connectivity index (χ1n) is 5.60. The van der Waals surface area contributed by atoms with Gasteiger partial charge in [0.05, 0.1) is 18.0 Å². The molecule has 0 aliphatic rings. The highest BCUT2D eigenvalue weighted by Gasteiger charge is 2.13. The average Bonchev–Trinajstić information content (AvgIpc) is 2.58. The van der Waals surface area contributed by atoms with E-state index in [1.807, 2.05) is 32.0 Å². The summed E-state index contributed by atoms with van der Waals surface area (Å²) in [6, 6.07) is 5.97. The Hall–Kier alpha value is -1.33. The molecule has 1 aromatic carbocycles. The first kappa shape index (κ1) is 13.1. The third-order valence-electron chi connectivity index (χ3n) is 2.78. The van der Waals surface area contributed by atoms with Gasteiger partial charge in [-0.2, -0.15) is 0 Å². The van der Waals surface area contributed by atoms with Crippen LogP contribution >= 0.6 is 15.9 Å². The van der Waals surface area contributed by atoms with Gasteiger partial charge in [-0.3, -0.25) is 9.89 Å². The van der Waals surface area contributed by atoms with E-state index in [1.165, 1.54) is 10.2 Å². The summed E-state index contributed by atoms with van der Waals surface area (Å²) in [6.45, 7) is 4.38. The molecule has 0 radical (unpaired) electrons. The summed E-state index contributed by atoms with van der Waals surface area (Å²) >= 11 is 3.29. The van der Waals surface area contributed by atoms with Crippen LogP contribution in [0.4, 0.5) is 0 Å². The predicted molar refractivity (Wildman–Crippen MR) is 74.3 cm³/mol. The minimum Gasteiger partial charge on any atom is -0.378 e. The van der Waals surface area contributed by atoms with Crippen LogP contribution in [0.2, 0.25) is 0 Å². The first-order valence-corrected chi connectivity index (χ1v) is 6.40. The second kappa shape index (κ2) is 5.12. The van der Waals surface area contributed by atoms with Crippen molar-refractivity contribution in [2.45, 2.75) is 20.5 Å². The molecule has 1 heterocycles. The molecule has 0 saturated carbocycles. The van der Waals surface area contributed by atoms with Crippen molar-refractivity contribution in [3.8, 4) is 5.69 Å². The van der Waals surface area contributed by atoms with Gasteiger partial charge >= 0.3 is 0 Å². The van der Waals surface area contributed by atoms with Crippen molar-refractivity contribution < 1.29 is 4.74 Å². The predicted octanol–water partition coefficient (Wildman–Crippen LogP) is 2.69. The van der Waals surface area contributed by atoms with Crippen molar-refractivity contribution in [2.24, 2.45) is 0 Å². The number of aromatic nitrogens is 2. The summed E-state index contributed by atoms with van der Waals surface area (Å²) in [7, 11) is 1.60. The highest BCUT2D eigenvalue weighted by molar-refractivity contribution is 9.10. The number of rotatable bonds is 3. The molecule has 0 saturated heterocycles. The zero-order chi connectivity index (χ0) is 13.3. The van der Waals surface area contributed by atoms with Crippen LogP contribution in [-0.4, -0.2) is 16.9 Å². The van der Waals surface area contributed by atoms with Gasteiger partial charge in [0, 0.05) is 7.11 Å². The van der Waals surface area contributed by atoms with Gasteiger partial charge in [0.1, 0.15) is 4.47 Å². The Kier molecular flexibility index (Phi) is 3.73. The molecule has 0 unspecified atom stereocenters. The smallest absolute Gasteiger partial charge is 0.285 e. The van der Waals surface area contributed by atoms with E-state index < -0.39 is 0 Å². The molecule has 0 atom stereocenters. The molecule has 5 heteroatoms. The first-order chi connectivity index (χ1) is 8.54. The molecule has 0 aliphatic carbocycles. The van der Waals surface area contributed by atoms with Crippen LogP contribution in [0.25, 0.3) is 5.69 Å². The van der Waals surface area contributed by atoms with Crippen LogP contribution in [0.5, 0.6) is 0 Å². The Morgan fingerprint density at radius 2 is 2.11 bits per heavy atom. The number of benzene rings is 1. The van der Waals surface area contributed by atoms with Gasteiger partial charge in [0.15, 0.2) is 0 Å². The minimum absolute atomic E-state index is 0.103. The maximum absolute atomic E-state index is 12.1. The van der Waals surface area contributed by atoms with E-state index in [1.54, 1.807) is 7.11 Å². The topological polar surface area (TPSA) is 47.0 Å². The summed E-state index contributed by atoms with van der Waals surface area (Å²) in [4.78, 5) is 12.1. The van der Waals surface area contributed by atoms with Crippen LogP contribution in [0, 0.1) is 13.8 Å². The van der Waals surface area contributed by atoms with Gasteiger partial charge < -0.3 is 4.74 Å². The maximum Gasteiger partial charge on any atom is 0.285 e. The largest absolute Gasteiger partial charge is 0.378 e. The third kappa shape index (κ3) is 2.28. The highest BCUT2D eigenvalue weighted by atomic mass is 79.9. The van der Waals surface area contributed by atoms with Crippen molar-refractivity contribution in [3.63, 3.8) is 0 Å². The zero-order valence-corrected chi connectivity index (χ0v) is 12.2. The average molecular weight is 311 g/mol. The quantitative estimate of drug-likeness (QED) is 0.947. The van der Waals surface area contributed by atoms with Crippen LogP contribution in [0.15, 0.2) is 27.5 Å². The zero-order valence-electron chi connectivity index (χ0n) is 10.6. The fourth-order valence-corrected chi connectivity index (χ4v) is 2.31. The number of nitrogens with one attached hydrogen (secondary N) is 1. The molecule has 0 amide bonds. The summed E-state index contributed by atoms with van der Waals surface area (Å²) < 4.78 is 7.10. The Balaban J connectivity index is 2.57. The molecule has 4 nitrogen and oxygen atoms in total. The number of hydrogen-bond donors (Lipinski definition) is 1. The minimum atomic E-state index is -0.103. The summed E-state index contributed by atoms with van der Waals surface area (Å²) in [5.74, 6) is 0. The number of ether oxygens (including phenoxy) is 1. The lowest BCUT2D eigenvalue weighted by Crippen LogP contribution is -2.15. The molecule has 0 fully saturated rings. The van der Waals surface area contributed by atoms with Crippen molar-refractivity contribution >= 4 is 15.9 Å². The fraction of sp³-hybridized carbons (Fsp3) is 0.308. The standard InChI is InChI=1S/C13H15BrN2O2/c1-8-4-5-11(9(2)6-8)16-13(17)12(14)10(15-16)7-18-3/h4-6,15H,7H2,1-3H3. The summed E-state index contributed by atoms with van der Waals surface area (Å²) in [6.07, 6.45) is 0. The molecule has 18 heavy (non-hydrogen) atoms. The van der Waals surface area contributed by atoms with Gasteiger partial charge in [-0.1, -0.05) is 17.7 Å². The van der Waals surface area contributed by atoms with E-state index in [2.05, 4.69) is 21.0 Å². The molecular weight excluding hydrogens is 296 g/mol. The molecule has 2 aromatic rings. The van der Waals surface area contributed by atoms with Crippen LogP contribution in [0.1, 0.15) is 16.8 Å². The lowest BCUT2D eigenvalue weighted by Gasteiger charge is -2.07. The molecule has 1 aromatic heterocycles. The SMILES string of the molecule is COCc1[nH]n(-c2ccc(C)cc2C)c(=O)c1Br. The highest BCUT2D eigenvalue weighted by Crippen LogP contribution is 2.17. The number of methoxy groups -OCH3 is 1. The molecule has 0 bridgehead atoms. The number of halogens is 1. The Morgan fingerprint density at radius 3 is 2.72 bits per heavy atom. The van der Waals surface area contributed by atoms with Gasteiger partial charge in [0.25, 0.3) is 5.56 Å². The van der Waals surface area contributed by atoms with Crippen molar-refractivity contribution in [2.75, 3.05) is 7.11 Å². The van der Waals surface area contributed by atoms with E-state index in [-0.39, 0.29) is 5.56 Å². The number of H-pyrrole nitrogens is 1. The molecule has 1 N–H and O–H groups in total. The second-order valence-corrected chi connectivity index (χ2v) is 5.06. The summed E-state index contributed by atoms with van der Waals surface area (Å²) in [5.41, 5.74) is 3.71. The molecule has 0 spiro atoms. The number of aromatic amines is 1. The van der Waals surface area contributed by atoms with Gasteiger partial charge in [0.2, 0.25) is 0 Å². The van der Waals surface area contributed by atoms with E-state index >= 15 is 0 Å². The number of nitrogens with zero attached hydrogens (tertiary/aromatic N) is 1. The Morgan fingerprint density at radius 1 is 1.39 bits per heavy atom. The molecule has 2 rings (SSSR count). The normalized spacial score (nSPS) is 10.9. The van der Waals surface area contributed by atoms with Crippen molar-refractivity contribution in [1.29, 1.82) is 0 Å². The lowest BCUT2D eigenvalue weighted by atomic mass is 10.1. The van der Waals surface area contributed by atoms with Crippen LogP contribution < -0.4 is 5.56 Å².